The molecule has 0 bridgehead atoms. The van der Waals surface area contributed by atoms with Crippen molar-refractivity contribution in [1.82, 2.24) is 10.2 Å². The summed E-state index contributed by atoms with van der Waals surface area (Å²) >= 11 is 0. The van der Waals surface area contributed by atoms with Gasteiger partial charge in [0.05, 0.1) is 0 Å². The summed E-state index contributed by atoms with van der Waals surface area (Å²) < 4.78 is 0. The Morgan fingerprint density at radius 1 is 1.28 bits per heavy atom. The molecule has 1 aliphatic rings. The smallest absolute Gasteiger partial charge is 0.223 e. The van der Waals surface area contributed by atoms with Crippen LogP contribution in [0.2, 0.25) is 0 Å². The molecule has 4 heteroatoms. The summed E-state index contributed by atoms with van der Waals surface area (Å²) in [5.41, 5.74) is 6.08. The fraction of sp³-hybridized carbons (Fsp3) is 0.929. The molecule has 1 fully saturated rings. The predicted molar refractivity (Wildman–Crippen MR) is 75.2 cm³/mol. The average Bonchev–Trinajstić information content (AvgIpc) is 2.28. The van der Waals surface area contributed by atoms with Crippen molar-refractivity contribution in [2.24, 2.45) is 23.5 Å². The van der Waals surface area contributed by atoms with E-state index in [4.69, 9.17) is 5.73 Å². The molecule has 18 heavy (non-hydrogen) atoms. The molecule has 0 aromatic heterocycles. The van der Waals surface area contributed by atoms with Gasteiger partial charge in [-0.1, -0.05) is 13.8 Å². The minimum atomic E-state index is 0.107. The fourth-order valence-electron chi connectivity index (χ4n) is 2.79. The number of rotatable bonds is 5. The van der Waals surface area contributed by atoms with Crippen LogP contribution in [0.3, 0.4) is 0 Å². The molecule has 1 rings (SSSR count). The Labute approximate surface area is 111 Å². The molecule has 1 saturated carbocycles. The number of carbonyl (C=O) groups excluding carboxylic acids is 1. The Hall–Kier alpha value is -0.610. The third-order valence-corrected chi connectivity index (χ3v) is 4.11. The van der Waals surface area contributed by atoms with Crippen LogP contribution in [-0.4, -0.2) is 44.0 Å². The molecule has 0 aliphatic heterocycles. The van der Waals surface area contributed by atoms with Crippen LogP contribution < -0.4 is 11.1 Å². The molecule has 4 atom stereocenters. The van der Waals surface area contributed by atoms with Gasteiger partial charge >= 0.3 is 0 Å². The highest BCUT2D eigenvalue weighted by Gasteiger charge is 2.34. The van der Waals surface area contributed by atoms with E-state index >= 15 is 0 Å². The van der Waals surface area contributed by atoms with Gasteiger partial charge < -0.3 is 16.0 Å². The second-order valence-corrected chi connectivity index (χ2v) is 6.14. The topological polar surface area (TPSA) is 58.4 Å². The number of nitrogens with two attached hydrogens (primary N) is 1. The van der Waals surface area contributed by atoms with E-state index in [0.29, 0.717) is 11.8 Å². The maximum atomic E-state index is 12.1. The zero-order chi connectivity index (χ0) is 13.7. The monoisotopic (exact) mass is 255 g/mol. The zero-order valence-electron chi connectivity index (χ0n) is 12.3. The number of nitrogens with zero attached hydrogens (tertiary/aromatic N) is 1. The zero-order valence-corrected chi connectivity index (χ0v) is 12.3. The Morgan fingerprint density at radius 2 is 1.94 bits per heavy atom. The van der Waals surface area contributed by atoms with E-state index < -0.39 is 0 Å². The van der Waals surface area contributed by atoms with Gasteiger partial charge in [0.1, 0.15) is 0 Å². The van der Waals surface area contributed by atoms with Crippen molar-refractivity contribution in [1.29, 1.82) is 0 Å². The summed E-state index contributed by atoms with van der Waals surface area (Å²) in [5, 5.41) is 3.05. The normalized spacial score (nSPS) is 32.6. The van der Waals surface area contributed by atoms with Crippen molar-refractivity contribution < 1.29 is 4.79 Å². The molecule has 0 radical (unpaired) electrons. The predicted octanol–water partition coefficient (Wildman–Crippen LogP) is 1.06. The van der Waals surface area contributed by atoms with Crippen molar-refractivity contribution in [2.75, 3.05) is 27.2 Å². The van der Waals surface area contributed by atoms with Crippen LogP contribution in [0.15, 0.2) is 0 Å². The second kappa shape index (κ2) is 7.10. The van der Waals surface area contributed by atoms with Crippen molar-refractivity contribution in [3.05, 3.63) is 0 Å². The third-order valence-electron chi connectivity index (χ3n) is 4.11. The van der Waals surface area contributed by atoms with E-state index in [1.165, 1.54) is 0 Å². The van der Waals surface area contributed by atoms with E-state index in [-0.39, 0.29) is 17.9 Å². The van der Waals surface area contributed by atoms with Crippen molar-refractivity contribution in [3.8, 4) is 0 Å². The number of nitrogens with one attached hydrogen (secondary N) is 1. The number of hydrogen-bond acceptors (Lipinski definition) is 3. The maximum absolute atomic E-state index is 12.1. The van der Waals surface area contributed by atoms with Crippen molar-refractivity contribution >= 4 is 5.91 Å². The second-order valence-electron chi connectivity index (χ2n) is 6.14. The number of carbonyl (C=O) groups is 1. The van der Waals surface area contributed by atoms with Crippen molar-refractivity contribution in [3.63, 3.8) is 0 Å². The van der Waals surface area contributed by atoms with Crippen molar-refractivity contribution in [2.45, 2.75) is 39.2 Å². The van der Waals surface area contributed by atoms with Crippen LogP contribution in [0.1, 0.15) is 33.1 Å². The molecular formula is C14H29N3O. The minimum absolute atomic E-state index is 0.107. The maximum Gasteiger partial charge on any atom is 0.223 e. The molecule has 0 heterocycles. The summed E-state index contributed by atoms with van der Waals surface area (Å²) in [7, 11) is 4.09. The lowest BCUT2D eigenvalue weighted by Crippen LogP contribution is -2.45. The van der Waals surface area contributed by atoms with Crippen LogP contribution in [0.5, 0.6) is 0 Å². The Morgan fingerprint density at radius 3 is 2.56 bits per heavy atom. The molecule has 0 aromatic carbocycles. The van der Waals surface area contributed by atoms with Gasteiger partial charge in [-0.05, 0) is 51.7 Å². The highest BCUT2D eigenvalue weighted by molar-refractivity contribution is 5.79. The first-order valence-corrected chi connectivity index (χ1v) is 7.09. The number of hydrogen-bond donors (Lipinski definition) is 2. The van der Waals surface area contributed by atoms with Gasteiger partial charge in [-0.2, -0.15) is 0 Å². The van der Waals surface area contributed by atoms with E-state index in [9.17, 15) is 4.79 Å². The minimum Gasteiger partial charge on any atom is -0.356 e. The third kappa shape index (κ3) is 4.58. The van der Waals surface area contributed by atoms with Crippen LogP contribution in [-0.2, 0) is 4.79 Å². The summed E-state index contributed by atoms with van der Waals surface area (Å²) in [6.07, 6.45) is 2.90. The summed E-state index contributed by atoms with van der Waals surface area (Å²) in [4.78, 5) is 14.3. The molecule has 0 saturated heterocycles. The highest BCUT2D eigenvalue weighted by atomic mass is 16.1. The van der Waals surface area contributed by atoms with Gasteiger partial charge in [0.25, 0.3) is 0 Å². The largest absolute Gasteiger partial charge is 0.356 e. The van der Waals surface area contributed by atoms with Crippen LogP contribution in [0.4, 0.5) is 0 Å². The first-order valence-electron chi connectivity index (χ1n) is 7.09. The Kier molecular flexibility index (Phi) is 6.09. The van der Waals surface area contributed by atoms with Gasteiger partial charge in [-0.15, -0.1) is 0 Å². The lowest BCUT2D eigenvalue weighted by molar-refractivity contribution is -0.128. The van der Waals surface area contributed by atoms with E-state index in [2.05, 4.69) is 24.1 Å². The Bertz CT molecular complexity index is 268. The quantitative estimate of drug-likeness (QED) is 0.722. The van der Waals surface area contributed by atoms with Gasteiger partial charge in [-0.25, -0.2) is 0 Å². The first-order chi connectivity index (χ1) is 8.41. The molecule has 1 amide bonds. The molecule has 4 unspecified atom stereocenters. The van der Waals surface area contributed by atoms with E-state index in [1.807, 2.05) is 14.1 Å². The van der Waals surface area contributed by atoms with Crippen LogP contribution in [0, 0.1) is 17.8 Å². The summed E-state index contributed by atoms with van der Waals surface area (Å²) in [6, 6.07) is 0.179. The van der Waals surface area contributed by atoms with E-state index in [1.54, 1.807) is 0 Å². The number of amides is 1. The van der Waals surface area contributed by atoms with Gasteiger partial charge in [0.2, 0.25) is 5.91 Å². The lowest BCUT2D eigenvalue weighted by Gasteiger charge is -2.36. The first kappa shape index (κ1) is 15.4. The molecule has 0 spiro atoms. The Balaban J connectivity index is 2.32. The molecule has 1 aliphatic carbocycles. The molecule has 106 valence electrons. The van der Waals surface area contributed by atoms with Crippen LogP contribution in [0.25, 0.3) is 0 Å². The van der Waals surface area contributed by atoms with Crippen LogP contribution >= 0.6 is 0 Å². The standard InChI is InChI=1S/C14H29N3O/c1-10-8-11(2)13(15)9-12(10)14(18)16-6-5-7-17(3)4/h10-13H,5-9,15H2,1-4H3,(H,16,18). The summed E-state index contributed by atoms with van der Waals surface area (Å²) in [6.45, 7) is 6.14. The van der Waals surface area contributed by atoms with Gasteiger partial charge in [0.15, 0.2) is 0 Å². The van der Waals surface area contributed by atoms with Gasteiger partial charge in [-0.3, -0.25) is 4.79 Å². The highest BCUT2D eigenvalue weighted by Crippen LogP contribution is 2.32. The fourth-order valence-corrected chi connectivity index (χ4v) is 2.79. The molecule has 3 N–H and O–H groups in total. The molecule has 0 aromatic rings. The molecule has 4 nitrogen and oxygen atoms in total. The average molecular weight is 255 g/mol. The summed E-state index contributed by atoms with van der Waals surface area (Å²) in [5.74, 6) is 1.30. The SMILES string of the molecule is CC1CC(C)C(C(=O)NCCCN(C)C)CC1N. The lowest BCUT2D eigenvalue weighted by atomic mass is 9.72. The van der Waals surface area contributed by atoms with Gasteiger partial charge in [0, 0.05) is 18.5 Å². The van der Waals surface area contributed by atoms with E-state index in [0.717, 1.165) is 32.4 Å². The molecular weight excluding hydrogens is 226 g/mol.